The number of hydrogen-bond acceptors (Lipinski definition) is 4. The molecule has 5 heteroatoms. The van der Waals surface area contributed by atoms with Gasteiger partial charge >= 0.3 is 5.97 Å². The number of anilines is 1. The summed E-state index contributed by atoms with van der Waals surface area (Å²) in [6, 6.07) is 9.79. The number of benzene rings is 1. The van der Waals surface area contributed by atoms with Crippen LogP contribution in [0.3, 0.4) is 0 Å². The van der Waals surface area contributed by atoms with Crippen LogP contribution in [0.1, 0.15) is 18.9 Å². The molecule has 2 aromatic rings. The molecule has 0 radical (unpaired) electrons. The van der Waals surface area contributed by atoms with Crippen molar-refractivity contribution in [3.8, 4) is 6.07 Å². The third kappa shape index (κ3) is 2.09. The Morgan fingerprint density at radius 2 is 2.24 bits per heavy atom. The molecule has 1 aliphatic rings. The van der Waals surface area contributed by atoms with Crippen LogP contribution in [0.5, 0.6) is 0 Å². The van der Waals surface area contributed by atoms with Gasteiger partial charge in [-0.3, -0.25) is 9.78 Å². The molecule has 1 aromatic carbocycles. The first-order chi connectivity index (χ1) is 10.0. The van der Waals surface area contributed by atoms with Gasteiger partial charge in [0.15, 0.2) is 0 Å². The van der Waals surface area contributed by atoms with Crippen LogP contribution in [0.15, 0.2) is 30.5 Å². The standard InChI is InChI=1S/C16H15N3O2/c1-16(15(20)21)6-7-19(10-16)14-11(8-17)9-18-13-5-3-2-4-12(13)14/h2-5,9H,6-7,10H2,1H3,(H,20,21). The molecule has 0 saturated carbocycles. The fourth-order valence-corrected chi connectivity index (χ4v) is 2.88. The number of pyridine rings is 1. The zero-order valence-corrected chi connectivity index (χ0v) is 11.7. The average molecular weight is 281 g/mol. The van der Waals surface area contributed by atoms with Crippen molar-refractivity contribution >= 4 is 22.6 Å². The van der Waals surface area contributed by atoms with Crippen LogP contribution in [-0.2, 0) is 4.79 Å². The lowest BCUT2D eigenvalue weighted by Gasteiger charge is -2.23. The van der Waals surface area contributed by atoms with E-state index in [1.54, 1.807) is 13.1 Å². The molecular formula is C16H15N3O2. The average Bonchev–Trinajstić information content (AvgIpc) is 2.89. The third-order valence-corrected chi connectivity index (χ3v) is 4.17. The SMILES string of the molecule is CC1(C(=O)O)CCN(c2c(C#N)cnc3ccccc23)C1. The maximum Gasteiger partial charge on any atom is 0.311 e. The van der Waals surface area contributed by atoms with E-state index in [9.17, 15) is 15.2 Å². The molecule has 21 heavy (non-hydrogen) atoms. The van der Waals surface area contributed by atoms with E-state index < -0.39 is 11.4 Å². The van der Waals surface area contributed by atoms with Gasteiger partial charge in [0.05, 0.1) is 22.2 Å². The summed E-state index contributed by atoms with van der Waals surface area (Å²) in [4.78, 5) is 17.7. The van der Waals surface area contributed by atoms with Crippen molar-refractivity contribution in [2.45, 2.75) is 13.3 Å². The number of para-hydroxylation sites is 1. The van der Waals surface area contributed by atoms with Crippen LogP contribution in [-0.4, -0.2) is 29.1 Å². The van der Waals surface area contributed by atoms with E-state index in [-0.39, 0.29) is 0 Å². The maximum absolute atomic E-state index is 11.4. The molecule has 1 atom stereocenters. The summed E-state index contributed by atoms with van der Waals surface area (Å²) < 4.78 is 0. The highest BCUT2D eigenvalue weighted by Gasteiger charge is 2.41. The van der Waals surface area contributed by atoms with Gasteiger partial charge in [0.1, 0.15) is 6.07 Å². The summed E-state index contributed by atoms with van der Waals surface area (Å²) in [5, 5.41) is 19.6. The van der Waals surface area contributed by atoms with Crippen LogP contribution in [0.4, 0.5) is 5.69 Å². The van der Waals surface area contributed by atoms with Crippen molar-refractivity contribution in [3.05, 3.63) is 36.0 Å². The molecule has 1 unspecified atom stereocenters. The fraction of sp³-hybridized carbons (Fsp3) is 0.312. The second-order valence-electron chi connectivity index (χ2n) is 5.69. The summed E-state index contributed by atoms with van der Waals surface area (Å²) in [5.41, 5.74) is 1.34. The highest BCUT2D eigenvalue weighted by atomic mass is 16.4. The first-order valence-corrected chi connectivity index (χ1v) is 6.81. The number of rotatable bonds is 2. The van der Waals surface area contributed by atoms with Gasteiger partial charge in [-0.05, 0) is 19.4 Å². The van der Waals surface area contributed by atoms with Gasteiger partial charge in [-0.1, -0.05) is 18.2 Å². The molecule has 0 aliphatic carbocycles. The molecule has 106 valence electrons. The molecule has 1 N–H and O–H groups in total. The predicted molar refractivity (Wildman–Crippen MR) is 79.0 cm³/mol. The van der Waals surface area contributed by atoms with Gasteiger partial charge in [0, 0.05) is 24.7 Å². The first-order valence-electron chi connectivity index (χ1n) is 6.81. The molecule has 1 fully saturated rings. The highest BCUT2D eigenvalue weighted by Crippen LogP contribution is 2.37. The molecule has 5 nitrogen and oxygen atoms in total. The summed E-state index contributed by atoms with van der Waals surface area (Å²) in [6.45, 7) is 2.79. The lowest BCUT2D eigenvalue weighted by molar-refractivity contribution is -0.146. The number of nitrogens with zero attached hydrogens (tertiary/aromatic N) is 3. The number of fused-ring (bicyclic) bond motifs is 1. The number of hydrogen-bond donors (Lipinski definition) is 1. The van der Waals surface area contributed by atoms with Crippen molar-refractivity contribution < 1.29 is 9.90 Å². The lowest BCUT2D eigenvalue weighted by atomic mass is 9.90. The maximum atomic E-state index is 11.4. The Hall–Kier alpha value is -2.61. The Morgan fingerprint density at radius 3 is 2.90 bits per heavy atom. The Kier molecular flexibility index (Phi) is 3.02. The minimum atomic E-state index is -0.790. The third-order valence-electron chi connectivity index (χ3n) is 4.17. The number of carboxylic acid groups (broad SMARTS) is 1. The number of carboxylic acids is 1. The Bertz CT molecular complexity index is 766. The topological polar surface area (TPSA) is 77.2 Å². The van der Waals surface area contributed by atoms with Crippen molar-refractivity contribution in [2.24, 2.45) is 5.41 Å². The van der Waals surface area contributed by atoms with E-state index in [0.29, 0.717) is 25.1 Å². The molecule has 0 spiro atoms. The second kappa shape index (κ2) is 4.74. The number of carbonyl (C=O) groups is 1. The minimum Gasteiger partial charge on any atom is -0.481 e. The summed E-state index contributed by atoms with van der Waals surface area (Å²) in [5.74, 6) is -0.790. The van der Waals surface area contributed by atoms with Crippen LogP contribution in [0.25, 0.3) is 10.9 Å². The van der Waals surface area contributed by atoms with Gasteiger partial charge in [-0.15, -0.1) is 0 Å². The largest absolute Gasteiger partial charge is 0.481 e. The zero-order chi connectivity index (χ0) is 15.0. The van der Waals surface area contributed by atoms with Crippen LogP contribution in [0.2, 0.25) is 0 Å². The molecule has 0 bridgehead atoms. The van der Waals surface area contributed by atoms with Crippen molar-refractivity contribution in [1.82, 2.24) is 4.98 Å². The van der Waals surface area contributed by atoms with E-state index in [0.717, 1.165) is 16.6 Å². The molecule has 2 heterocycles. The van der Waals surface area contributed by atoms with E-state index in [4.69, 9.17) is 0 Å². The molecule has 1 saturated heterocycles. The second-order valence-corrected chi connectivity index (χ2v) is 5.69. The van der Waals surface area contributed by atoms with Crippen molar-refractivity contribution in [3.63, 3.8) is 0 Å². The lowest BCUT2D eigenvalue weighted by Crippen LogP contribution is -2.32. The van der Waals surface area contributed by atoms with Gasteiger partial charge < -0.3 is 10.0 Å². The number of aromatic nitrogens is 1. The smallest absolute Gasteiger partial charge is 0.311 e. The van der Waals surface area contributed by atoms with Crippen LogP contribution >= 0.6 is 0 Å². The normalized spacial score (nSPS) is 21.4. The van der Waals surface area contributed by atoms with Gasteiger partial charge in [0.2, 0.25) is 0 Å². The summed E-state index contributed by atoms with van der Waals surface area (Å²) in [7, 11) is 0. The summed E-state index contributed by atoms with van der Waals surface area (Å²) in [6.07, 6.45) is 2.14. The fourth-order valence-electron chi connectivity index (χ4n) is 2.88. The van der Waals surface area contributed by atoms with E-state index in [2.05, 4.69) is 11.1 Å². The van der Waals surface area contributed by atoms with Crippen LogP contribution in [0, 0.1) is 16.7 Å². The molecule has 1 aromatic heterocycles. The molecule has 3 rings (SSSR count). The highest BCUT2D eigenvalue weighted by molar-refractivity contribution is 5.95. The molecular weight excluding hydrogens is 266 g/mol. The monoisotopic (exact) mass is 281 g/mol. The Labute approximate surface area is 122 Å². The zero-order valence-electron chi connectivity index (χ0n) is 11.7. The van der Waals surface area contributed by atoms with Crippen LogP contribution < -0.4 is 4.90 Å². The number of aliphatic carboxylic acids is 1. The molecule has 1 aliphatic heterocycles. The number of nitriles is 1. The van der Waals surface area contributed by atoms with Gasteiger partial charge in [-0.25, -0.2) is 0 Å². The van der Waals surface area contributed by atoms with Gasteiger partial charge in [0.25, 0.3) is 0 Å². The summed E-state index contributed by atoms with van der Waals surface area (Å²) >= 11 is 0. The van der Waals surface area contributed by atoms with E-state index >= 15 is 0 Å². The Morgan fingerprint density at radius 1 is 1.48 bits per heavy atom. The first kappa shape index (κ1) is 13.4. The van der Waals surface area contributed by atoms with Gasteiger partial charge in [-0.2, -0.15) is 5.26 Å². The predicted octanol–water partition coefficient (Wildman–Crippen LogP) is 2.41. The molecule has 0 amide bonds. The quantitative estimate of drug-likeness (QED) is 0.914. The van der Waals surface area contributed by atoms with Crippen molar-refractivity contribution in [1.29, 1.82) is 5.26 Å². The van der Waals surface area contributed by atoms with Crippen molar-refractivity contribution in [2.75, 3.05) is 18.0 Å². The van der Waals surface area contributed by atoms with E-state index in [1.807, 2.05) is 29.2 Å². The Balaban J connectivity index is 2.13. The van der Waals surface area contributed by atoms with E-state index in [1.165, 1.54) is 0 Å². The minimum absolute atomic E-state index is 0.408.